The highest BCUT2D eigenvalue weighted by molar-refractivity contribution is 5.83. The molecular formula is C16H23N3O. The van der Waals surface area contributed by atoms with E-state index >= 15 is 0 Å². The number of hydrogen-bond acceptors (Lipinski definition) is 3. The zero-order valence-corrected chi connectivity index (χ0v) is 12.1. The summed E-state index contributed by atoms with van der Waals surface area (Å²) in [6.07, 6.45) is 1.76. The number of benzene rings is 1. The molecule has 0 saturated carbocycles. The summed E-state index contributed by atoms with van der Waals surface area (Å²) in [6, 6.07) is 9.84. The minimum atomic E-state index is -0.191. The lowest BCUT2D eigenvalue weighted by molar-refractivity contribution is -0.135. The van der Waals surface area contributed by atoms with E-state index in [0.29, 0.717) is 6.54 Å². The van der Waals surface area contributed by atoms with Gasteiger partial charge < -0.3 is 10.2 Å². The molecule has 1 fully saturated rings. The molecule has 0 aromatic heterocycles. The van der Waals surface area contributed by atoms with Gasteiger partial charge in [-0.3, -0.25) is 9.69 Å². The van der Waals surface area contributed by atoms with Gasteiger partial charge in [0, 0.05) is 39.8 Å². The number of piperazine rings is 1. The Morgan fingerprint density at radius 1 is 1.40 bits per heavy atom. The van der Waals surface area contributed by atoms with Gasteiger partial charge in [0.25, 0.3) is 0 Å². The molecule has 4 heteroatoms. The second kappa shape index (κ2) is 7.22. The Labute approximate surface area is 121 Å². The van der Waals surface area contributed by atoms with Gasteiger partial charge in [0.05, 0.1) is 0 Å². The molecule has 0 spiro atoms. The van der Waals surface area contributed by atoms with Gasteiger partial charge in [-0.05, 0) is 5.56 Å². The molecule has 0 unspecified atom stereocenters. The molecule has 1 aromatic carbocycles. The SMILES string of the molecule is C=CCN(C)C(=O)[C@@H](c1ccccc1)N1CCNCC1. The van der Waals surface area contributed by atoms with E-state index in [2.05, 4.69) is 16.8 Å². The summed E-state index contributed by atoms with van der Waals surface area (Å²) in [5.41, 5.74) is 1.07. The van der Waals surface area contributed by atoms with Crippen molar-refractivity contribution in [1.29, 1.82) is 0 Å². The Morgan fingerprint density at radius 2 is 2.05 bits per heavy atom. The summed E-state index contributed by atoms with van der Waals surface area (Å²) >= 11 is 0. The van der Waals surface area contributed by atoms with E-state index in [4.69, 9.17) is 0 Å². The van der Waals surface area contributed by atoms with Gasteiger partial charge in [-0.2, -0.15) is 0 Å². The maximum atomic E-state index is 12.7. The summed E-state index contributed by atoms with van der Waals surface area (Å²) in [6.45, 7) is 7.94. The van der Waals surface area contributed by atoms with Crippen LogP contribution in [0, 0.1) is 0 Å². The van der Waals surface area contributed by atoms with Crippen LogP contribution >= 0.6 is 0 Å². The quantitative estimate of drug-likeness (QED) is 0.821. The molecule has 0 bridgehead atoms. The average Bonchev–Trinajstić information content (AvgIpc) is 2.50. The van der Waals surface area contributed by atoms with Crippen LogP contribution in [0.1, 0.15) is 11.6 Å². The number of nitrogens with one attached hydrogen (secondary N) is 1. The summed E-state index contributed by atoms with van der Waals surface area (Å²) in [5, 5.41) is 3.33. The van der Waals surface area contributed by atoms with E-state index in [1.165, 1.54) is 0 Å². The summed E-state index contributed by atoms with van der Waals surface area (Å²) in [7, 11) is 1.84. The maximum Gasteiger partial charge on any atom is 0.244 e. The normalized spacial score (nSPS) is 17.4. The standard InChI is InChI=1S/C16H23N3O/c1-3-11-18(2)16(20)15(14-7-5-4-6-8-14)19-12-9-17-10-13-19/h3-8,15,17H,1,9-13H2,2H3/t15-/m1/s1. The molecule has 2 rings (SSSR count). The van der Waals surface area contributed by atoms with Crippen LogP contribution in [-0.4, -0.2) is 55.5 Å². The van der Waals surface area contributed by atoms with Crippen molar-refractivity contribution in [3.05, 3.63) is 48.6 Å². The highest BCUT2D eigenvalue weighted by Crippen LogP contribution is 2.23. The number of rotatable bonds is 5. The maximum absolute atomic E-state index is 12.7. The van der Waals surface area contributed by atoms with Crippen LogP contribution in [0.15, 0.2) is 43.0 Å². The summed E-state index contributed by atoms with van der Waals surface area (Å²) in [5.74, 6) is 0.137. The van der Waals surface area contributed by atoms with Crippen LogP contribution in [0.25, 0.3) is 0 Å². The number of carbonyl (C=O) groups is 1. The van der Waals surface area contributed by atoms with Crippen LogP contribution in [0.4, 0.5) is 0 Å². The Bertz CT molecular complexity index is 440. The molecule has 20 heavy (non-hydrogen) atoms. The third-order valence-electron chi connectivity index (χ3n) is 3.65. The van der Waals surface area contributed by atoms with Crippen molar-refractivity contribution >= 4 is 5.91 Å². The van der Waals surface area contributed by atoms with Crippen LogP contribution in [0.5, 0.6) is 0 Å². The molecule has 1 aliphatic rings. The number of nitrogens with zero attached hydrogens (tertiary/aromatic N) is 2. The third kappa shape index (κ3) is 3.46. The topological polar surface area (TPSA) is 35.6 Å². The summed E-state index contributed by atoms with van der Waals surface area (Å²) < 4.78 is 0. The number of carbonyl (C=O) groups excluding carboxylic acids is 1. The second-order valence-corrected chi connectivity index (χ2v) is 5.11. The lowest BCUT2D eigenvalue weighted by atomic mass is 10.0. The third-order valence-corrected chi connectivity index (χ3v) is 3.65. The fraction of sp³-hybridized carbons (Fsp3) is 0.438. The van der Waals surface area contributed by atoms with Gasteiger partial charge in [-0.25, -0.2) is 0 Å². The van der Waals surface area contributed by atoms with Crippen molar-refractivity contribution in [2.24, 2.45) is 0 Å². The molecule has 0 radical (unpaired) electrons. The largest absolute Gasteiger partial charge is 0.340 e. The fourth-order valence-electron chi connectivity index (χ4n) is 2.58. The van der Waals surface area contributed by atoms with Gasteiger partial charge in [0.15, 0.2) is 0 Å². The van der Waals surface area contributed by atoms with Crippen molar-refractivity contribution < 1.29 is 4.79 Å². The van der Waals surface area contributed by atoms with Gasteiger partial charge in [-0.1, -0.05) is 36.4 Å². The number of amides is 1. The van der Waals surface area contributed by atoms with E-state index in [-0.39, 0.29) is 11.9 Å². The van der Waals surface area contributed by atoms with Crippen molar-refractivity contribution in [3.63, 3.8) is 0 Å². The zero-order valence-electron chi connectivity index (χ0n) is 12.1. The highest BCUT2D eigenvalue weighted by Gasteiger charge is 2.30. The highest BCUT2D eigenvalue weighted by atomic mass is 16.2. The molecule has 1 atom stereocenters. The first-order valence-electron chi connectivity index (χ1n) is 7.09. The fourth-order valence-corrected chi connectivity index (χ4v) is 2.58. The lowest BCUT2D eigenvalue weighted by Crippen LogP contribution is -2.49. The van der Waals surface area contributed by atoms with E-state index in [0.717, 1.165) is 31.7 Å². The molecule has 1 heterocycles. The molecule has 0 aliphatic carbocycles. The van der Waals surface area contributed by atoms with E-state index in [1.54, 1.807) is 11.0 Å². The monoisotopic (exact) mass is 273 g/mol. The van der Waals surface area contributed by atoms with Gasteiger partial charge in [0.1, 0.15) is 6.04 Å². The Kier molecular flexibility index (Phi) is 5.32. The van der Waals surface area contributed by atoms with Crippen molar-refractivity contribution in [2.75, 3.05) is 39.8 Å². The smallest absolute Gasteiger partial charge is 0.244 e. The Morgan fingerprint density at radius 3 is 2.65 bits per heavy atom. The molecule has 108 valence electrons. The second-order valence-electron chi connectivity index (χ2n) is 5.11. The first kappa shape index (κ1) is 14.8. The first-order valence-corrected chi connectivity index (χ1v) is 7.09. The Balaban J connectivity index is 2.23. The molecule has 1 aliphatic heterocycles. The van der Waals surface area contributed by atoms with E-state index in [9.17, 15) is 4.79 Å². The minimum absolute atomic E-state index is 0.137. The molecule has 1 saturated heterocycles. The summed E-state index contributed by atoms with van der Waals surface area (Å²) in [4.78, 5) is 16.7. The van der Waals surface area contributed by atoms with Crippen molar-refractivity contribution in [3.8, 4) is 0 Å². The van der Waals surface area contributed by atoms with E-state index < -0.39 is 0 Å². The molecule has 1 aromatic rings. The van der Waals surface area contributed by atoms with Crippen molar-refractivity contribution in [2.45, 2.75) is 6.04 Å². The van der Waals surface area contributed by atoms with Gasteiger partial charge >= 0.3 is 0 Å². The first-order chi connectivity index (χ1) is 9.74. The van der Waals surface area contributed by atoms with Crippen LogP contribution in [0.2, 0.25) is 0 Å². The minimum Gasteiger partial charge on any atom is -0.340 e. The van der Waals surface area contributed by atoms with Crippen LogP contribution < -0.4 is 5.32 Å². The molecule has 1 N–H and O–H groups in total. The number of hydrogen-bond donors (Lipinski definition) is 1. The van der Waals surface area contributed by atoms with Crippen LogP contribution in [-0.2, 0) is 4.79 Å². The van der Waals surface area contributed by atoms with Crippen LogP contribution in [0.3, 0.4) is 0 Å². The van der Waals surface area contributed by atoms with Gasteiger partial charge in [0.2, 0.25) is 5.91 Å². The van der Waals surface area contributed by atoms with Gasteiger partial charge in [-0.15, -0.1) is 6.58 Å². The zero-order chi connectivity index (χ0) is 14.4. The van der Waals surface area contributed by atoms with Crippen molar-refractivity contribution in [1.82, 2.24) is 15.1 Å². The number of likely N-dealkylation sites (N-methyl/N-ethyl adjacent to an activating group) is 1. The molecule has 1 amide bonds. The van der Waals surface area contributed by atoms with E-state index in [1.807, 2.05) is 37.4 Å². The molecule has 4 nitrogen and oxygen atoms in total. The predicted octanol–water partition coefficient (Wildman–Crippen LogP) is 1.28. The molecular weight excluding hydrogens is 250 g/mol. The predicted molar refractivity (Wildman–Crippen MR) is 81.5 cm³/mol. The lowest BCUT2D eigenvalue weighted by Gasteiger charge is -2.36. The Hall–Kier alpha value is -1.65. The average molecular weight is 273 g/mol.